The van der Waals surface area contributed by atoms with Crippen molar-refractivity contribution in [3.8, 4) is 5.75 Å². The van der Waals surface area contributed by atoms with E-state index >= 15 is 0 Å². The second kappa shape index (κ2) is 17.2. The van der Waals surface area contributed by atoms with Gasteiger partial charge in [0, 0.05) is 26.4 Å². The highest BCUT2D eigenvalue weighted by molar-refractivity contribution is 6.17. The van der Waals surface area contributed by atoms with Crippen LogP contribution in [0.4, 0.5) is 5.69 Å². The average molecular weight is 607 g/mol. The molecule has 7 heteroatoms. The predicted molar refractivity (Wildman–Crippen MR) is 177 cm³/mol. The molecule has 1 heterocycles. The Bertz CT molecular complexity index is 1180. The van der Waals surface area contributed by atoms with E-state index in [0.717, 1.165) is 56.3 Å². The number of carbonyl (C=O) groups excluding carboxylic acids is 2. The van der Waals surface area contributed by atoms with Crippen molar-refractivity contribution in [2.45, 2.75) is 125 Å². The number of benzene rings is 2. The minimum atomic E-state index is -1.32. The van der Waals surface area contributed by atoms with E-state index in [2.05, 4.69) is 63.8 Å². The summed E-state index contributed by atoms with van der Waals surface area (Å²) in [7, 11) is 0. The number of unbranched alkanes of at least 4 members (excludes halogenated alkanes) is 5. The molecule has 1 atom stereocenters. The maximum Gasteiger partial charge on any atom is 0.331 e. The van der Waals surface area contributed by atoms with Gasteiger partial charge < -0.3 is 19.1 Å². The number of rotatable bonds is 17. The average Bonchev–Trinajstić information content (AvgIpc) is 2.96. The van der Waals surface area contributed by atoms with Crippen molar-refractivity contribution in [1.82, 2.24) is 4.90 Å². The molecule has 2 aromatic rings. The Labute approximate surface area is 265 Å². The molecule has 2 aromatic carbocycles. The lowest BCUT2D eigenvalue weighted by Crippen LogP contribution is -2.54. The van der Waals surface area contributed by atoms with Gasteiger partial charge in [0.25, 0.3) is 5.79 Å². The van der Waals surface area contributed by atoms with Gasteiger partial charge in [0.05, 0.1) is 12.3 Å². The molecule has 1 unspecified atom stereocenters. The normalized spacial score (nSPS) is 16.0. The van der Waals surface area contributed by atoms with Crippen LogP contribution >= 0.6 is 0 Å². The summed E-state index contributed by atoms with van der Waals surface area (Å²) in [6.45, 7) is 15.2. The number of carbonyl (C=O) groups is 2. The summed E-state index contributed by atoms with van der Waals surface area (Å²) in [6.07, 6.45) is 9.72. The second-order valence-corrected chi connectivity index (χ2v) is 12.9. The van der Waals surface area contributed by atoms with Crippen LogP contribution in [0.15, 0.2) is 53.5 Å². The molecule has 0 aromatic heterocycles. The molecule has 1 saturated heterocycles. The standard InChI is InChI=1S/C37H54N2O5/c1-8-10-12-14-24-42-32-22-20-31(21-23-32)38-34(33-35(40)43-37(6,7)44-36(33)41)39(28(5)15-13-11-9-2)26-30-18-16-29(17-19-30)25-27(3)4/h16-23,27-28,33H,8-15,24-26H2,1-7H3. The van der Waals surface area contributed by atoms with Gasteiger partial charge in [0.2, 0.25) is 5.92 Å². The Hall–Kier alpha value is -3.35. The molecule has 242 valence electrons. The van der Waals surface area contributed by atoms with Crippen LogP contribution in [0, 0.1) is 11.8 Å². The molecule has 1 fully saturated rings. The van der Waals surface area contributed by atoms with Crippen LogP contribution in [0.25, 0.3) is 0 Å². The van der Waals surface area contributed by atoms with Gasteiger partial charge in [-0.25, -0.2) is 4.99 Å². The third kappa shape index (κ3) is 11.0. The van der Waals surface area contributed by atoms with Gasteiger partial charge >= 0.3 is 11.9 Å². The van der Waals surface area contributed by atoms with Crippen LogP contribution in [0.3, 0.4) is 0 Å². The van der Waals surface area contributed by atoms with Crippen LogP contribution < -0.4 is 4.74 Å². The number of amidine groups is 1. The van der Waals surface area contributed by atoms with Crippen molar-refractivity contribution in [3.05, 3.63) is 59.7 Å². The minimum Gasteiger partial charge on any atom is -0.494 e. The molecular formula is C37H54N2O5. The lowest BCUT2D eigenvalue weighted by molar-refractivity contribution is -0.236. The molecule has 44 heavy (non-hydrogen) atoms. The summed E-state index contributed by atoms with van der Waals surface area (Å²) in [5.41, 5.74) is 2.99. The van der Waals surface area contributed by atoms with E-state index in [4.69, 9.17) is 19.2 Å². The lowest BCUT2D eigenvalue weighted by Gasteiger charge is -2.38. The first-order chi connectivity index (χ1) is 21.0. The number of nitrogens with zero attached hydrogens (tertiary/aromatic N) is 2. The Morgan fingerprint density at radius 2 is 1.43 bits per heavy atom. The van der Waals surface area contributed by atoms with E-state index in [1.54, 1.807) is 13.8 Å². The Morgan fingerprint density at radius 1 is 0.841 bits per heavy atom. The fraction of sp³-hybridized carbons (Fsp3) is 0.595. The number of hydrogen-bond acceptors (Lipinski definition) is 6. The fourth-order valence-electron chi connectivity index (χ4n) is 5.45. The van der Waals surface area contributed by atoms with Crippen LogP contribution in [0.1, 0.15) is 111 Å². The first kappa shape index (κ1) is 35.1. The smallest absolute Gasteiger partial charge is 0.331 e. The molecule has 0 N–H and O–H groups in total. The summed E-state index contributed by atoms with van der Waals surface area (Å²) in [5.74, 6) is -2.21. The SMILES string of the molecule is CCCCCCOc1ccc(N=C(C2C(=O)OC(C)(C)OC2=O)N(Cc2ccc(CC(C)C)cc2)C(C)CCCCC)cc1. The summed E-state index contributed by atoms with van der Waals surface area (Å²) in [5, 5.41) is 0. The third-order valence-electron chi connectivity index (χ3n) is 7.84. The molecule has 3 rings (SSSR count). The number of ether oxygens (including phenoxy) is 3. The van der Waals surface area contributed by atoms with Gasteiger partial charge in [-0.05, 0) is 67.5 Å². The highest BCUT2D eigenvalue weighted by atomic mass is 16.7. The second-order valence-electron chi connectivity index (χ2n) is 12.9. The van der Waals surface area contributed by atoms with Gasteiger partial charge in [0.15, 0.2) is 0 Å². The zero-order valence-corrected chi connectivity index (χ0v) is 28.1. The van der Waals surface area contributed by atoms with Gasteiger partial charge in [-0.15, -0.1) is 0 Å². The van der Waals surface area contributed by atoms with Gasteiger partial charge in [-0.2, -0.15) is 0 Å². The largest absolute Gasteiger partial charge is 0.494 e. The Morgan fingerprint density at radius 3 is 2.02 bits per heavy atom. The van der Waals surface area contributed by atoms with E-state index in [-0.39, 0.29) is 6.04 Å². The van der Waals surface area contributed by atoms with Crippen molar-refractivity contribution in [1.29, 1.82) is 0 Å². The van der Waals surface area contributed by atoms with Crippen molar-refractivity contribution >= 4 is 23.5 Å². The molecule has 0 saturated carbocycles. The molecule has 1 aliphatic heterocycles. The molecule has 0 aliphatic carbocycles. The summed E-state index contributed by atoms with van der Waals surface area (Å²) in [4.78, 5) is 33.9. The fourth-order valence-corrected chi connectivity index (χ4v) is 5.45. The Balaban J connectivity index is 1.98. The first-order valence-corrected chi connectivity index (χ1v) is 16.6. The van der Waals surface area contributed by atoms with E-state index in [1.807, 2.05) is 24.3 Å². The Kier molecular flexibility index (Phi) is 13.7. The summed E-state index contributed by atoms with van der Waals surface area (Å²) < 4.78 is 17.1. The third-order valence-corrected chi connectivity index (χ3v) is 7.84. The monoisotopic (exact) mass is 606 g/mol. The molecule has 0 amide bonds. The maximum absolute atomic E-state index is 13.4. The van der Waals surface area contributed by atoms with Crippen molar-refractivity contribution < 1.29 is 23.8 Å². The van der Waals surface area contributed by atoms with Crippen LogP contribution in [-0.4, -0.2) is 41.1 Å². The first-order valence-electron chi connectivity index (χ1n) is 16.6. The summed E-state index contributed by atoms with van der Waals surface area (Å²) in [6, 6.07) is 16.1. The van der Waals surface area contributed by atoms with Crippen LogP contribution in [0.2, 0.25) is 0 Å². The summed E-state index contributed by atoms with van der Waals surface area (Å²) >= 11 is 0. The molecule has 0 radical (unpaired) electrons. The molecular weight excluding hydrogens is 552 g/mol. The topological polar surface area (TPSA) is 77.4 Å². The van der Waals surface area contributed by atoms with Crippen molar-refractivity contribution in [3.63, 3.8) is 0 Å². The van der Waals surface area contributed by atoms with Crippen molar-refractivity contribution in [2.24, 2.45) is 16.8 Å². The van der Waals surface area contributed by atoms with E-state index in [0.29, 0.717) is 30.6 Å². The molecule has 1 aliphatic rings. The highest BCUT2D eigenvalue weighted by Crippen LogP contribution is 2.30. The van der Waals surface area contributed by atoms with Crippen LogP contribution in [0.5, 0.6) is 5.75 Å². The predicted octanol–water partition coefficient (Wildman–Crippen LogP) is 8.80. The minimum absolute atomic E-state index is 0.0110. The lowest BCUT2D eigenvalue weighted by atomic mass is 9.99. The van der Waals surface area contributed by atoms with Gasteiger partial charge in [-0.1, -0.05) is 90.5 Å². The van der Waals surface area contributed by atoms with Crippen molar-refractivity contribution in [2.75, 3.05) is 6.61 Å². The van der Waals surface area contributed by atoms with Gasteiger partial charge in [-0.3, -0.25) is 9.59 Å². The maximum atomic E-state index is 13.4. The van der Waals surface area contributed by atoms with E-state index in [1.165, 1.54) is 18.4 Å². The van der Waals surface area contributed by atoms with Gasteiger partial charge in [0.1, 0.15) is 11.6 Å². The molecule has 0 bridgehead atoms. The number of esters is 2. The van der Waals surface area contributed by atoms with E-state index in [9.17, 15) is 9.59 Å². The zero-order valence-electron chi connectivity index (χ0n) is 28.1. The molecule has 7 nitrogen and oxygen atoms in total. The number of aliphatic imine (C=N–C) groups is 1. The number of cyclic esters (lactones) is 2. The van der Waals surface area contributed by atoms with Crippen LogP contribution in [-0.2, 0) is 32.0 Å². The zero-order chi connectivity index (χ0) is 32.1. The quantitative estimate of drug-likeness (QED) is 0.0589. The number of hydrogen-bond donors (Lipinski definition) is 0. The molecule has 0 spiro atoms. The highest BCUT2D eigenvalue weighted by Gasteiger charge is 2.48. The van der Waals surface area contributed by atoms with E-state index < -0.39 is 23.6 Å².